The summed E-state index contributed by atoms with van der Waals surface area (Å²) in [6, 6.07) is 6.82. The first-order chi connectivity index (χ1) is 9.95. The molecular weight excluding hydrogens is 351 g/mol. The lowest BCUT2D eigenvalue weighted by Crippen LogP contribution is -2.15. The molecule has 0 fully saturated rings. The quantitative estimate of drug-likeness (QED) is 0.859. The first-order valence-corrected chi connectivity index (χ1v) is 9.36. The average Bonchev–Trinajstić information content (AvgIpc) is 2.78. The highest BCUT2D eigenvalue weighted by atomic mass is 35.5. The summed E-state index contributed by atoms with van der Waals surface area (Å²) in [5, 5.41) is 3.28. The maximum Gasteiger partial charge on any atom is 0.264 e. The third-order valence-electron chi connectivity index (χ3n) is 3.21. The highest BCUT2D eigenvalue weighted by Gasteiger charge is 2.21. The predicted molar refractivity (Wildman–Crippen MR) is 88.4 cm³/mol. The number of benzene rings is 1. The van der Waals surface area contributed by atoms with Crippen LogP contribution in [0.4, 0.5) is 11.4 Å². The van der Waals surface area contributed by atoms with Crippen LogP contribution in [0.1, 0.15) is 12.0 Å². The van der Waals surface area contributed by atoms with Crippen LogP contribution in [0.5, 0.6) is 0 Å². The van der Waals surface area contributed by atoms with Crippen LogP contribution in [-0.2, 0) is 16.4 Å². The van der Waals surface area contributed by atoms with Gasteiger partial charge in [-0.25, -0.2) is 8.42 Å². The number of rotatable bonds is 3. The van der Waals surface area contributed by atoms with Crippen molar-refractivity contribution in [2.45, 2.75) is 17.7 Å². The van der Waals surface area contributed by atoms with Crippen LogP contribution in [0.15, 0.2) is 29.2 Å². The summed E-state index contributed by atoms with van der Waals surface area (Å²) in [6.45, 7) is 0.946. The third kappa shape index (κ3) is 3.13. The van der Waals surface area contributed by atoms with E-state index >= 15 is 0 Å². The molecule has 1 aliphatic heterocycles. The minimum Gasteiger partial charge on any atom is -0.385 e. The minimum absolute atomic E-state index is 0.00927. The van der Waals surface area contributed by atoms with Crippen molar-refractivity contribution < 1.29 is 8.42 Å². The van der Waals surface area contributed by atoms with Crippen molar-refractivity contribution >= 4 is 55.9 Å². The second-order valence-electron chi connectivity index (χ2n) is 4.70. The van der Waals surface area contributed by atoms with Gasteiger partial charge in [0.25, 0.3) is 10.0 Å². The van der Waals surface area contributed by atoms with Crippen LogP contribution in [0, 0.1) is 0 Å². The molecule has 2 aromatic rings. The molecule has 112 valence electrons. The predicted octanol–water partition coefficient (Wildman–Crippen LogP) is 4.21. The number of hydrogen-bond acceptors (Lipinski definition) is 4. The molecule has 0 radical (unpaired) electrons. The second kappa shape index (κ2) is 5.68. The van der Waals surface area contributed by atoms with E-state index in [0.29, 0.717) is 10.0 Å². The molecular formula is C13H12Cl2N2O2S2. The minimum atomic E-state index is -3.73. The molecule has 0 amide bonds. The monoisotopic (exact) mass is 362 g/mol. The van der Waals surface area contributed by atoms with Gasteiger partial charge in [-0.3, -0.25) is 4.72 Å². The Morgan fingerprint density at radius 1 is 1.24 bits per heavy atom. The van der Waals surface area contributed by atoms with Gasteiger partial charge in [-0.05, 0) is 42.7 Å². The summed E-state index contributed by atoms with van der Waals surface area (Å²) in [5.74, 6) is 0. The second-order valence-corrected chi connectivity index (χ2v) is 8.63. The van der Waals surface area contributed by atoms with E-state index in [4.69, 9.17) is 23.2 Å². The number of sulfonamides is 1. The third-order valence-corrected chi connectivity index (χ3v) is 6.35. The number of halogens is 2. The van der Waals surface area contributed by atoms with Crippen LogP contribution in [0.2, 0.25) is 8.67 Å². The van der Waals surface area contributed by atoms with Crippen molar-refractivity contribution in [2.75, 3.05) is 16.6 Å². The van der Waals surface area contributed by atoms with Crippen molar-refractivity contribution in [1.29, 1.82) is 0 Å². The molecule has 8 heteroatoms. The van der Waals surface area contributed by atoms with E-state index in [2.05, 4.69) is 10.0 Å². The molecule has 0 bridgehead atoms. The Morgan fingerprint density at radius 3 is 2.76 bits per heavy atom. The molecule has 0 atom stereocenters. The van der Waals surface area contributed by atoms with E-state index < -0.39 is 10.0 Å². The first kappa shape index (κ1) is 15.0. The van der Waals surface area contributed by atoms with Gasteiger partial charge in [0.2, 0.25) is 0 Å². The molecule has 0 saturated heterocycles. The molecule has 2 heterocycles. The van der Waals surface area contributed by atoms with Crippen molar-refractivity contribution in [3.63, 3.8) is 0 Å². The summed E-state index contributed by atoms with van der Waals surface area (Å²) < 4.78 is 27.7. The molecule has 1 aromatic heterocycles. The van der Waals surface area contributed by atoms with Gasteiger partial charge in [0.1, 0.15) is 9.23 Å². The molecule has 0 unspecified atom stereocenters. The van der Waals surface area contributed by atoms with E-state index in [1.54, 1.807) is 6.07 Å². The largest absolute Gasteiger partial charge is 0.385 e. The standard InChI is InChI=1S/C13H12Cl2N2O2S2/c14-12-7-11(13(15)20-12)21(18,19)17-9-3-4-10-8(6-9)2-1-5-16-10/h3-4,6-7,16-17H,1-2,5H2. The smallest absolute Gasteiger partial charge is 0.264 e. The fourth-order valence-electron chi connectivity index (χ4n) is 2.26. The Labute approximate surface area is 137 Å². The van der Waals surface area contributed by atoms with Crippen molar-refractivity contribution in [3.05, 3.63) is 38.5 Å². The van der Waals surface area contributed by atoms with Crippen LogP contribution in [-0.4, -0.2) is 15.0 Å². The van der Waals surface area contributed by atoms with Crippen molar-refractivity contribution in [2.24, 2.45) is 0 Å². The number of anilines is 2. The van der Waals surface area contributed by atoms with Gasteiger partial charge in [-0.2, -0.15) is 0 Å². The highest BCUT2D eigenvalue weighted by Crippen LogP contribution is 2.35. The van der Waals surface area contributed by atoms with E-state index in [1.165, 1.54) is 6.07 Å². The van der Waals surface area contributed by atoms with E-state index in [9.17, 15) is 8.42 Å². The molecule has 21 heavy (non-hydrogen) atoms. The summed E-state index contributed by atoms with van der Waals surface area (Å²) in [7, 11) is -3.73. The van der Waals surface area contributed by atoms with Gasteiger partial charge < -0.3 is 5.32 Å². The molecule has 0 saturated carbocycles. The average molecular weight is 363 g/mol. The Hall–Kier alpha value is -0.950. The van der Waals surface area contributed by atoms with E-state index in [0.717, 1.165) is 42.0 Å². The lowest BCUT2D eigenvalue weighted by atomic mass is 10.0. The number of nitrogens with one attached hydrogen (secondary N) is 2. The molecule has 2 N–H and O–H groups in total. The van der Waals surface area contributed by atoms with Crippen molar-refractivity contribution in [3.8, 4) is 0 Å². The van der Waals surface area contributed by atoms with Gasteiger partial charge in [0.05, 0.1) is 4.34 Å². The Bertz CT molecular complexity index is 787. The summed E-state index contributed by atoms with van der Waals surface area (Å²) in [4.78, 5) is 0.00927. The molecule has 4 nitrogen and oxygen atoms in total. The van der Waals surface area contributed by atoms with Crippen LogP contribution in [0.25, 0.3) is 0 Å². The highest BCUT2D eigenvalue weighted by molar-refractivity contribution is 7.93. The van der Waals surface area contributed by atoms with Crippen LogP contribution >= 0.6 is 34.5 Å². The summed E-state index contributed by atoms with van der Waals surface area (Å²) >= 11 is 12.8. The molecule has 3 rings (SSSR count). The molecule has 0 aliphatic carbocycles. The van der Waals surface area contributed by atoms with Gasteiger partial charge in [0, 0.05) is 17.9 Å². The number of fused-ring (bicyclic) bond motifs is 1. The number of aryl methyl sites for hydroxylation is 1. The number of hydrogen-bond donors (Lipinski definition) is 2. The summed E-state index contributed by atoms with van der Waals surface area (Å²) in [5.41, 5.74) is 2.69. The van der Waals surface area contributed by atoms with Crippen LogP contribution < -0.4 is 10.0 Å². The van der Waals surface area contributed by atoms with Gasteiger partial charge in [0.15, 0.2) is 0 Å². The van der Waals surface area contributed by atoms with Crippen molar-refractivity contribution in [1.82, 2.24) is 0 Å². The Morgan fingerprint density at radius 2 is 2.05 bits per heavy atom. The lowest BCUT2D eigenvalue weighted by molar-refractivity contribution is 0.601. The SMILES string of the molecule is O=S(=O)(Nc1ccc2c(c1)CCCN2)c1cc(Cl)sc1Cl. The normalized spacial score (nSPS) is 14.4. The van der Waals surface area contributed by atoms with Gasteiger partial charge >= 0.3 is 0 Å². The maximum atomic E-state index is 12.3. The zero-order valence-electron chi connectivity index (χ0n) is 10.8. The van der Waals surface area contributed by atoms with Gasteiger partial charge in [-0.15, -0.1) is 11.3 Å². The summed E-state index contributed by atoms with van der Waals surface area (Å²) in [6.07, 6.45) is 1.97. The molecule has 1 aromatic carbocycles. The number of thiophene rings is 1. The molecule has 1 aliphatic rings. The van der Waals surface area contributed by atoms with E-state index in [1.807, 2.05) is 12.1 Å². The maximum absolute atomic E-state index is 12.3. The first-order valence-electron chi connectivity index (χ1n) is 6.30. The Kier molecular flexibility index (Phi) is 4.05. The molecule has 0 spiro atoms. The zero-order valence-corrected chi connectivity index (χ0v) is 14.0. The fourth-order valence-corrected chi connectivity index (χ4v) is 5.46. The Balaban J connectivity index is 1.90. The zero-order chi connectivity index (χ0) is 15.0. The topological polar surface area (TPSA) is 58.2 Å². The van der Waals surface area contributed by atoms with Gasteiger partial charge in [-0.1, -0.05) is 23.2 Å². The fraction of sp³-hybridized carbons (Fsp3) is 0.231. The lowest BCUT2D eigenvalue weighted by Gasteiger charge is -2.19. The van der Waals surface area contributed by atoms with E-state index in [-0.39, 0.29) is 9.23 Å². The van der Waals surface area contributed by atoms with Crippen LogP contribution in [0.3, 0.4) is 0 Å².